The quantitative estimate of drug-likeness (QED) is 0.597. The highest BCUT2D eigenvalue weighted by Gasteiger charge is 2.27. The largest absolute Gasteiger partial charge is 0.378 e. The molecule has 1 heterocycles. The van der Waals surface area contributed by atoms with Crippen LogP contribution < -0.4 is 10.6 Å². The molecule has 0 radical (unpaired) electrons. The molecule has 1 saturated heterocycles. The number of ether oxygens (including phenoxy) is 1. The molecule has 2 unspecified atom stereocenters. The van der Waals surface area contributed by atoms with Crippen molar-refractivity contribution in [3.63, 3.8) is 0 Å². The van der Waals surface area contributed by atoms with Gasteiger partial charge in [-0.2, -0.15) is 5.26 Å². The van der Waals surface area contributed by atoms with Crippen LogP contribution in [0.25, 0.3) is 0 Å². The highest BCUT2D eigenvalue weighted by molar-refractivity contribution is 7.90. The molecule has 148 valence electrons. The minimum absolute atomic E-state index is 0.00683. The minimum atomic E-state index is -3.23. The van der Waals surface area contributed by atoms with Crippen LogP contribution in [0.4, 0.5) is 4.79 Å². The zero-order chi connectivity index (χ0) is 19.7. The number of nitrogens with one attached hydrogen (secondary N) is 2. The monoisotopic (exact) mass is 388 g/mol. The summed E-state index contributed by atoms with van der Waals surface area (Å²) in [5, 5.41) is 14.4. The van der Waals surface area contributed by atoms with Crippen LogP contribution in [-0.2, 0) is 19.4 Å². The average molecular weight is 388 g/mol. The number of nitrogens with zero attached hydrogens (tertiary/aromatic N) is 2. The van der Waals surface area contributed by atoms with Gasteiger partial charge in [0, 0.05) is 19.3 Å². The van der Waals surface area contributed by atoms with Crippen LogP contribution in [0.5, 0.6) is 0 Å². The van der Waals surface area contributed by atoms with Gasteiger partial charge in [0.15, 0.2) is 0 Å². The Kier molecular flexibility index (Phi) is 8.81. The Morgan fingerprint density at radius 3 is 2.35 bits per heavy atom. The molecule has 10 heteroatoms. The molecule has 0 saturated carbocycles. The van der Waals surface area contributed by atoms with E-state index in [9.17, 15) is 18.0 Å². The molecule has 1 fully saturated rings. The third-order valence-electron chi connectivity index (χ3n) is 3.87. The van der Waals surface area contributed by atoms with Crippen molar-refractivity contribution in [2.75, 3.05) is 38.3 Å². The van der Waals surface area contributed by atoms with Gasteiger partial charge < -0.3 is 20.3 Å². The smallest absolute Gasteiger partial charge is 0.318 e. The first-order valence-corrected chi connectivity index (χ1v) is 10.7. The van der Waals surface area contributed by atoms with Crippen molar-refractivity contribution in [3.05, 3.63) is 0 Å². The van der Waals surface area contributed by atoms with E-state index in [1.165, 1.54) is 0 Å². The van der Waals surface area contributed by atoms with Crippen LogP contribution in [0, 0.1) is 17.2 Å². The van der Waals surface area contributed by atoms with Gasteiger partial charge in [0.25, 0.3) is 0 Å². The predicted molar refractivity (Wildman–Crippen MR) is 96.0 cm³/mol. The molecule has 26 heavy (non-hydrogen) atoms. The Morgan fingerprint density at radius 2 is 1.85 bits per heavy atom. The number of rotatable bonds is 8. The molecule has 0 spiro atoms. The Labute approximate surface area is 155 Å². The van der Waals surface area contributed by atoms with Crippen molar-refractivity contribution >= 4 is 21.8 Å². The van der Waals surface area contributed by atoms with Crippen LogP contribution in [-0.4, -0.2) is 75.7 Å². The number of morpholine rings is 1. The fourth-order valence-electron chi connectivity index (χ4n) is 2.48. The summed E-state index contributed by atoms with van der Waals surface area (Å²) in [4.78, 5) is 26.4. The Bertz CT molecular complexity index is 623. The fourth-order valence-corrected chi connectivity index (χ4v) is 3.15. The minimum Gasteiger partial charge on any atom is -0.378 e. The van der Waals surface area contributed by atoms with Gasteiger partial charge in [-0.05, 0) is 18.8 Å². The summed E-state index contributed by atoms with van der Waals surface area (Å²) in [6.07, 6.45) is 1.49. The molecule has 2 N–H and O–H groups in total. The van der Waals surface area contributed by atoms with E-state index >= 15 is 0 Å². The molecule has 0 aromatic heterocycles. The second-order valence-corrected chi connectivity index (χ2v) is 9.10. The third kappa shape index (κ3) is 8.49. The first-order chi connectivity index (χ1) is 12.1. The molecular formula is C16H28N4O5S. The lowest BCUT2D eigenvalue weighted by atomic mass is 10.0. The average Bonchev–Trinajstić information content (AvgIpc) is 2.57. The molecular weight excluding hydrogens is 360 g/mol. The summed E-state index contributed by atoms with van der Waals surface area (Å²) in [5.41, 5.74) is 0. The van der Waals surface area contributed by atoms with E-state index in [2.05, 4.69) is 10.6 Å². The lowest BCUT2D eigenvalue weighted by molar-refractivity contribution is -0.123. The maximum atomic E-state index is 12.5. The van der Waals surface area contributed by atoms with Crippen molar-refractivity contribution < 1.29 is 22.7 Å². The van der Waals surface area contributed by atoms with E-state index in [-0.39, 0.29) is 24.1 Å². The first kappa shape index (κ1) is 22.2. The summed E-state index contributed by atoms with van der Waals surface area (Å²) in [7, 11) is -3.23. The third-order valence-corrected chi connectivity index (χ3v) is 4.85. The van der Waals surface area contributed by atoms with Crippen LogP contribution in [0.3, 0.4) is 0 Å². The normalized spacial score (nSPS) is 17.3. The molecule has 1 rings (SSSR count). The zero-order valence-corrected chi connectivity index (χ0v) is 16.3. The van der Waals surface area contributed by atoms with Gasteiger partial charge in [0.1, 0.15) is 21.9 Å². The highest BCUT2D eigenvalue weighted by atomic mass is 32.2. The lowest BCUT2D eigenvalue weighted by Crippen LogP contribution is -2.55. The molecule has 0 aliphatic carbocycles. The maximum absolute atomic E-state index is 12.5. The number of urea groups is 1. The number of sulfone groups is 1. The van der Waals surface area contributed by atoms with Gasteiger partial charge in [0.2, 0.25) is 5.91 Å². The Hall–Kier alpha value is -1.86. The standard InChI is InChI=1S/C16H28N4O5S/c1-12(2)10-14(19-16(22)20-5-7-25-8-6-20)15(21)18-13(11-17)4-9-26(3,23)24/h12-14H,4-10H2,1-3H3,(H,18,21)(H,19,22). The topological polar surface area (TPSA) is 129 Å². The van der Waals surface area contributed by atoms with Crippen molar-refractivity contribution in [2.45, 2.75) is 38.8 Å². The number of nitriles is 1. The van der Waals surface area contributed by atoms with Crippen LogP contribution in [0.2, 0.25) is 0 Å². The molecule has 1 aliphatic heterocycles. The predicted octanol–water partition coefficient (Wildman–Crippen LogP) is -0.114. The number of carbonyl (C=O) groups excluding carboxylic acids is 2. The molecule has 0 bridgehead atoms. The van der Waals surface area contributed by atoms with Crippen molar-refractivity contribution in [1.29, 1.82) is 5.26 Å². The summed E-state index contributed by atoms with van der Waals surface area (Å²) < 4.78 is 27.7. The summed E-state index contributed by atoms with van der Waals surface area (Å²) in [6.45, 7) is 5.67. The van der Waals surface area contributed by atoms with E-state index < -0.39 is 27.8 Å². The van der Waals surface area contributed by atoms with E-state index in [1.54, 1.807) is 4.90 Å². The second-order valence-electron chi connectivity index (χ2n) is 6.84. The number of hydrogen-bond donors (Lipinski definition) is 2. The van der Waals surface area contributed by atoms with E-state index in [1.807, 2.05) is 19.9 Å². The Morgan fingerprint density at radius 1 is 1.23 bits per heavy atom. The van der Waals surface area contributed by atoms with Crippen LogP contribution in [0.15, 0.2) is 0 Å². The molecule has 9 nitrogen and oxygen atoms in total. The summed E-state index contributed by atoms with van der Waals surface area (Å²) in [6, 6.07) is -0.170. The molecule has 3 amide bonds. The highest BCUT2D eigenvalue weighted by Crippen LogP contribution is 2.08. The number of hydrogen-bond acceptors (Lipinski definition) is 6. The van der Waals surface area contributed by atoms with Gasteiger partial charge in [-0.3, -0.25) is 4.79 Å². The van der Waals surface area contributed by atoms with Gasteiger partial charge in [-0.25, -0.2) is 13.2 Å². The molecule has 0 aromatic carbocycles. The second kappa shape index (κ2) is 10.3. The zero-order valence-electron chi connectivity index (χ0n) is 15.5. The van der Waals surface area contributed by atoms with E-state index in [4.69, 9.17) is 10.00 Å². The lowest BCUT2D eigenvalue weighted by Gasteiger charge is -2.29. The molecule has 2 atom stereocenters. The van der Waals surface area contributed by atoms with Gasteiger partial charge in [0.05, 0.1) is 25.0 Å². The maximum Gasteiger partial charge on any atom is 0.318 e. The van der Waals surface area contributed by atoms with Crippen molar-refractivity contribution in [3.8, 4) is 6.07 Å². The SMILES string of the molecule is CC(C)CC(NC(=O)N1CCOCC1)C(=O)NC(C#N)CCS(C)(=O)=O. The van der Waals surface area contributed by atoms with E-state index in [0.717, 1.165) is 6.26 Å². The summed E-state index contributed by atoms with van der Waals surface area (Å²) >= 11 is 0. The number of carbonyl (C=O) groups is 2. The van der Waals surface area contributed by atoms with Gasteiger partial charge in [-0.1, -0.05) is 13.8 Å². The van der Waals surface area contributed by atoms with Crippen LogP contribution >= 0.6 is 0 Å². The number of amides is 3. The van der Waals surface area contributed by atoms with E-state index in [0.29, 0.717) is 32.7 Å². The fraction of sp³-hybridized carbons (Fsp3) is 0.812. The summed E-state index contributed by atoms with van der Waals surface area (Å²) in [5.74, 6) is -0.534. The Balaban J connectivity index is 2.69. The van der Waals surface area contributed by atoms with Gasteiger partial charge >= 0.3 is 6.03 Å². The first-order valence-electron chi connectivity index (χ1n) is 8.63. The van der Waals surface area contributed by atoms with Crippen molar-refractivity contribution in [2.24, 2.45) is 5.92 Å². The van der Waals surface area contributed by atoms with Gasteiger partial charge in [-0.15, -0.1) is 0 Å². The molecule has 1 aliphatic rings. The molecule has 0 aromatic rings. The van der Waals surface area contributed by atoms with Crippen LogP contribution in [0.1, 0.15) is 26.7 Å². The van der Waals surface area contributed by atoms with Crippen molar-refractivity contribution in [1.82, 2.24) is 15.5 Å².